The summed E-state index contributed by atoms with van der Waals surface area (Å²) < 4.78 is 0. The predicted molar refractivity (Wildman–Crippen MR) is 84.0 cm³/mol. The van der Waals surface area contributed by atoms with E-state index >= 15 is 0 Å². The monoisotopic (exact) mass is 327 g/mol. The number of nitrogens with two attached hydrogens (primary N) is 1. The molecule has 1 aliphatic heterocycles. The number of nitrogens with zero attached hydrogens (tertiary/aromatic N) is 2. The third-order valence-corrected chi connectivity index (χ3v) is 3.98. The molecule has 1 aliphatic rings. The van der Waals surface area contributed by atoms with Crippen molar-refractivity contribution in [3.8, 4) is 0 Å². The first-order chi connectivity index (χ1) is 10.7. The SMILES string of the molecule is CC(=O)[C@H](CCCNC(=N)N)N1CCN(C)[C@@H](CC(=O)O)C1=O. The highest BCUT2D eigenvalue weighted by molar-refractivity contribution is 5.92. The number of Topliss-reactive ketones (excluding diaryl/α,β-unsaturated/α-hetero) is 1. The van der Waals surface area contributed by atoms with E-state index in [2.05, 4.69) is 5.32 Å². The normalized spacial score (nSPS) is 20.2. The zero-order chi connectivity index (χ0) is 17.6. The fourth-order valence-electron chi connectivity index (χ4n) is 2.73. The number of guanidine groups is 1. The summed E-state index contributed by atoms with van der Waals surface area (Å²) in [5.74, 6) is -1.62. The third-order valence-electron chi connectivity index (χ3n) is 3.98. The van der Waals surface area contributed by atoms with Gasteiger partial charge in [0.2, 0.25) is 5.91 Å². The van der Waals surface area contributed by atoms with E-state index in [1.165, 1.54) is 11.8 Å². The number of piperazine rings is 1. The summed E-state index contributed by atoms with van der Waals surface area (Å²) in [6.45, 7) is 2.80. The Kier molecular flexibility index (Phi) is 6.95. The minimum Gasteiger partial charge on any atom is -0.481 e. The highest BCUT2D eigenvalue weighted by Crippen LogP contribution is 2.18. The Bertz CT molecular complexity index is 482. The summed E-state index contributed by atoms with van der Waals surface area (Å²) in [5.41, 5.74) is 5.19. The van der Waals surface area contributed by atoms with Crippen molar-refractivity contribution in [3.63, 3.8) is 0 Å². The maximum Gasteiger partial charge on any atom is 0.305 e. The molecule has 0 saturated carbocycles. The molecule has 0 unspecified atom stereocenters. The number of carbonyl (C=O) groups excluding carboxylic acids is 2. The molecule has 1 amide bonds. The minimum atomic E-state index is -1.04. The first-order valence-electron chi connectivity index (χ1n) is 7.55. The molecule has 0 aromatic heterocycles. The standard InChI is InChI=1S/C14H25N5O4/c1-9(20)10(4-3-5-17-14(15)16)19-7-6-18(2)11(13(19)23)8-12(21)22/h10-11H,3-8H2,1-2H3,(H,21,22)(H4,15,16,17)/t10-,11-/m0/s1. The molecule has 0 radical (unpaired) electrons. The molecule has 1 saturated heterocycles. The second kappa shape index (κ2) is 8.47. The van der Waals surface area contributed by atoms with Gasteiger partial charge in [-0.3, -0.25) is 24.7 Å². The number of carboxylic acids is 1. The van der Waals surface area contributed by atoms with Crippen LogP contribution in [0.5, 0.6) is 0 Å². The maximum absolute atomic E-state index is 12.6. The Morgan fingerprint density at radius 2 is 2.13 bits per heavy atom. The molecule has 9 nitrogen and oxygen atoms in total. The molecule has 9 heteroatoms. The van der Waals surface area contributed by atoms with Crippen LogP contribution in [0, 0.1) is 5.41 Å². The van der Waals surface area contributed by atoms with Crippen LogP contribution in [0.1, 0.15) is 26.2 Å². The van der Waals surface area contributed by atoms with Gasteiger partial charge in [-0.15, -0.1) is 0 Å². The van der Waals surface area contributed by atoms with Crippen molar-refractivity contribution in [3.05, 3.63) is 0 Å². The molecule has 5 N–H and O–H groups in total. The molecule has 23 heavy (non-hydrogen) atoms. The van der Waals surface area contributed by atoms with E-state index in [1.807, 2.05) is 0 Å². The van der Waals surface area contributed by atoms with Crippen LogP contribution in [-0.4, -0.2) is 77.3 Å². The molecule has 0 aliphatic carbocycles. The van der Waals surface area contributed by atoms with Crippen LogP contribution in [0.15, 0.2) is 0 Å². The van der Waals surface area contributed by atoms with Crippen LogP contribution < -0.4 is 11.1 Å². The molecule has 1 heterocycles. The average Bonchev–Trinajstić information content (AvgIpc) is 2.44. The van der Waals surface area contributed by atoms with Gasteiger partial charge in [-0.05, 0) is 26.8 Å². The van der Waals surface area contributed by atoms with Crippen LogP contribution in [0.25, 0.3) is 0 Å². The maximum atomic E-state index is 12.6. The van der Waals surface area contributed by atoms with Gasteiger partial charge in [0, 0.05) is 19.6 Å². The Labute approximate surface area is 135 Å². The number of ketones is 1. The van der Waals surface area contributed by atoms with Crippen molar-refractivity contribution in [2.45, 2.75) is 38.3 Å². The summed E-state index contributed by atoms with van der Waals surface area (Å²) >= 11 is 0. The van der Waals surface area contributed by atoms with Gasteiger partial charge in [0.15, 0.2) is 11.7 Å². The summed E-state index contributed by atoms with van der Waals surface area (Å²) in [4.78, 5) is 38.6. The molecule has 2 atom stereocenters. The highest BCUT2D eigenvalue weighted by Gasteiger charge is 2.38. The summed E-state index contributed by atoms with van der Waals surface area (Å²) in [6, 6.07) is -1.31. The van der Waals surface area contributed by atoms with Gasteiger partial charge in [0.25, 0.3) is 0 Å². The van der Waals surface area contributed by atoms with Crippen LogP contribution >= 0.6 is 0 Å². The van der Waals surface area contributed by atoms with Gasteiger partial charge in [0.1, 0.15) is 0 Å². The summed E-state index contributed by atoms with van der Waals surface area (Å²) in [5, 5.41) is 18.7. The number of hydrogen-bond acceptors (Lipinski definition) is 5. The zero-order valence-electron chi connectivity index (χ0n) is 13.5. The van der Waals surface area contributed by atoms with E-state index in [1.54, 1.807) is 11.9 Å². The van der Waals surface area contributed by atoms with Crippen LogP contribution in [0.2, 0.25) is 0 Å². The first kappa shape index (κ1) is 18.9. The Hall–Kier alpha value is -2.16. The summed E-state index contributed by atoms with van der Waals surface area (Å²) in [6.07, 6.45) is 0.750. The van der Waals surface area contributed by atoms with Gasteiger partial charge < -0.3 is 21.1 Å². The van der Waals surface area contributed by atoms with E-state index in [4.69, 9.17) is 16.2 Å². The van der Waals surface area contributed by atoms with Crippen molar-refractivity contribution in [2.75, 3.05) is 26.7 Å². The lowest BCUT2D eigenvalue weighted by Crippen LogP contribution is -2.60. The first-order valence-corrected chi connectivity index (χ1v) is 7.55. The Morgan fingerprint density at radius 1 is 1.48 bits per heavy atom. The summed E-state index contributed by atoms with van der Waals surface area (Å²) in [7, 11) is 1.71. The molecule has 0 bridgehead atoms. The fourth-order valence-corrected chi connectivity index (χ4v) is 2.73. The average molecular weight is 327 g/mol. The molecular weight excluding hydrogens is 302 g/mol. The molecular formula is C14H25N5O4. The fraction of sp³-hybridized carbons (Fsp3) is 0.714. The number of carboxylic acid groups (broad SMARTS) is 1. The largest absolute Gasteiger partial charge is 0.481 e. The van der Waals surface area contributed by atoms with Crippen molar-refractivity contribution in [2.24, 2.45) is 5.73 Å². The second-order valence-corrected chi connectivity index (χ2v) is 5.74. The molecule has 0 aromatic carbocycles. The third kappa shape index (κ3) is 5.51. The van der Waals surface area contributed by atoms with E-state index in [9.17, 15) is 14.4 Å². The lowest BCUT2D eigenvalue weighted by Gasteiger charge is -2.41. The van der Waals surface area contributed by atoms with E-state index in [0.717, 1.165) is 0 Å². The number of amides is 1. The smallest absolute Gasteiger partial charge is 0.305 e. The minimum absolute atomic E-state index is 0.125. The molecule has 1 rings (SSSR count). The van der Waals surface area contributed by atoms with E-state index < -0.39 is 18.1 Å². The van der Waals surface area contributed by atoms with Gasteiger partial charge >= 0.3 is 5.97 Å². The zero-order valence-corrected chi connectivity index (χ0v) is 13.5. The molecule has 0 aromatic rings. The lowest BCUT2D eigenvalue weighted by molar-refractivity contribution is -0.152. The number of aliphatic carboxylic acids is 1. The quantitative estimate of drug-likeness (QED) is 0.250. The second-order valence-electron chi connectivity index (χ2n) is 5.74. The van der Waals surface area contributed by atoms with Crippen LogP contribution in [0.4, 0.5) is 0 Å². The van der Waals surface area contributed by atoms with Gasteiger partial charge in [-0.1, -0.05) is 0 Å². The van der Waals surface area contributed by atoms with Crippen molar-refractivity contribution < 1.29 is 19.5 Å². The van der Waals surface area contributed by atoms with Gasteiger partial charge in [0.05, 0.1) is 18.5 Å². The van der Waals surface area contributed by atoms with Crippen LogP contribution in [0.3, 0.4) is 0 Å². The number of rotatable bonds is 8. The van der Waals surface area contributed by atoms with Crippen molar-refractivity contribution in [1.29, 1.82) is 5.41 Å². The topological polar surface area (TPSA) is 140 Å². The number of likely N-dealkylation sites (N-methyl/N-ethyl adjacent to an activating group) is 1. The Balaban J connectivity index is 2.73. The Morgan fingerprint density at radius 3 is 2.65 bits per heavy atom. The molecule has 0 spiro atoms. The van der Waals surface area contributed by atoms with Crippen LogP contribution in [-0.2, 0) is 14.4 Å². The van der Waals surface area contributed by atoms with E-state index in [-0.39, 0.29) is 24.1 Å². The molecule has 1 fully saturated rings. The van der Waals surface area contributed by atoms with Gasteiger partial charge in [-0.25, -0.2) is 0 Å². The molecule has 130 valence electrons. The highest BCUT2D eigenvalue weighted by atomic mass is 16.4. The van der Waals surface area contributed by atoms with Crippen molar-refractivity contribution in [1.82, 2.24) is 15.1 Å². The number of nitrogens with one attached hydrogen (secondary N) is 2. The van der Waals surface area contributed by atoms with E-state index in [0.29, 0.717) is 32.5 Å². The number of hydrogen-bond donors (Lipinski definition) is 4. The van der Waals surface area contributed by atoms with Crippen molar-refractivity contribution >= 4 is 23.6 Å². The predicted octanol–water partition coefficient (Wildman–Crippen LogP) is -1.18. The van der Waals surface area contributed by atoms with Gasteiger partial charge in [-0.2, -0.15) is 0 Å². The lowest BCUT2D eigenvalue weighted by atomic mass is 10.0. The number of carbonyl (C=O) groups is 3.